The van der Waals surface area contributed by atoms with Gasteiger partial charge in [-0.05, 0) is 24.6 Å². The van der Waals surface area contributed by atoms with Gasteiger partial charge in [0.15, 0.2) is 0 Å². The summed E-state index contributed by atoms with van der Waals surface area (Å²) in [5.74, 6) is 0.276. The number of nitrogen functional groups attached to an aromatic ring is 1. The number of aromatic nitrogens is 1. The summed E-state index contributed by atoms with van der Waals surface area (Å²) < 4.78 is 0.932. The van der Waals surface area contributed by atoms with Crippen molar-refractivity contribution in [3.05, 3.63) is 46.1 Å². The summed E-state index contributed by atoms with van der Waals surface area (Å²) in [6.45, 7) is 1.86. The van der Waals surface area contributed by atoms with E-state index in [9.17, 15) is 0 Å². The highest BCUT2D eigenvalue weighted by Crippen LogP contribution is 2.32. The Hall–Kier alpha value is -1.86. The number of nitriles is 1. The standard InChI is InChI=1S/C13H10BrN3/c1-8-6-10(11(7-15)13(16)17-8)9-4-2-3-5-12(9)14/h2-6H,1H3,(H2,16,17). The number of hydrogen-bond acceptors (Lipinski definition) is 3. The first-order chi connectivity index (χ1) is 8.13. The zero-order valence-electron chi connectivity index (χ0n) is 9.24. The van der Waals surface area contributed by atoms with E-state index in [2.05, 4.69) is 27.0 Å². The largest absolute Gasteiger partial charge is 0.383 e. The van der Waals surface area contributed by atoms with Crippen molar-refractivity contribution in [1.82, 2.24) is 4.98 Å². The van der Waals surface area contributed by atoms with E-state index in [4.69, 9.17) is 11.0 Å². The van der Waals surface area contributed by atoms with Gasteiger partial charge in [-0.15, -0.1) is 0 Å². The molecule has 4 heteroatoms. The van der Waals surface area contributed by atoms with Gasteiger partial charge in [-0.3, -0.25) is 0 Å². The minimum absolute atomic E-state index is 0.276. The molecule has 0 aliphatic carbocycles. The zero-order valence-corrected chi connectivity index (χ0v) is 10.8. The Balaban J connectivity index is 2.76. The number of nitrogens with two attached hydrogens (primary N) is 1. The highest BCUT2D eigenvalue weighted by Gasteiger charge is 2.12. The Labute approximate surface area is 108 Å². The second-order valence-corrected chi connectivity index (χ2v) is 4.52. The van der Waals surface area contributed by atoms with Crippen LogP contribution in [0.2, 0.25) is 0 Å². The van der Waals surface area contributed by atoms with Crippen LogP contribution < -0.4 is 5.73 Å². The predicted octanol–water partition coefficient (Wildman–Crippen LogP) is 3.27. The third kappa shape index (κ3) is 2.15. The topological polar surface area (TPSA) is 62.7 Å². The lowest BCUT2D eigenvalue weighted by Gasteiger charge is -2.09. The molecule has 0 fully saturated rings. The fraction of sp³-hybridized carbons (Fsp3) is 0.0769. The number of benzene rings is 1. The van der Waals surface area contributed by atoms with Gasteiger partial charge in [0.1, 0.15) is 17.5 Å². The van der Waals surface area contributed by atoms with Gasteiger partial charge < -0.3 is 5.73 Å². The van der Waals surface area contributed by atoms with E-state index in [-0.39, 0.29) is 5.82 Å². The Morgan fingerprint density at radius 3 is 2.65 bits per heavy atom. The molecule has 0 unspecified atom stereocenters. The molecule has 0 spiro atoms. The molecule has 0 aliphatic rings. The summed E-state index contributed by atoms with van der Waals surface area (Å²) in [5.41, 5.74) is 8.74. The van der Waals surface area contributed by atoms with Crippen LogP contribution in [0.15, 0.2) is 34.8 Å². The first-order valence-electron chi connectivity index (χ1n) is 5.05. The summed E-state index contributed by atoms with van der Waals surface area (Å²) in [6.07, 6.45) is 0. The van der Waals surface area contributed by atoms with E-state index >= 15 is 0 Å². The smallest absolute Gasteiger partial charge is 0.142 e. The van der Waals surface area contributed by atoms with E-state index in [1.54, 1.807) is 0 Å². The molecule has 3 nitrogen and oxygen atoms in total. The molecule has 0 saturated carbocycles. The van der Waals surface area contributed by atoms with Crippen LogP contribution in [-0.2, 0) is 0 Å². The van der Waals surface area contributed by atoms with E-state index < -0.39 is 0 Å². The molecular weight excluding hydrogens is 278 g/mol. The van der Waals surface area contributed by atoms with Gasteiger partial charge in [0.05, 0.1) is 0 Å². The maximum atomic E-state index is 9.16. The fourth-order valence-corrected chi connectivity index (χ4v) is 2.21. The van der Waals surface area contributed by atoms with Gasteiger partial charge >= 0.3 is 0 Å². The summed E-state index contributed by atoms with van der Waals surface area (Å²) in [5, 5.41) is 9.16. The molecule has 0 aliphatic heterocycles. The summed E-state index contributed by atoms with van der Waals surface area (Å²) in [6, 6.07) is 11.7. The molecular formula is C13H10BrN3. The lowest BCUT2D eigenvalue weighted by molar-refractivity contribution is 1.20. The molecule has 84 valence electrons. The van der Waals surface area contributed by atoms with Crippen molar-refractivity contribution in [2.75, 3.05) is 5.73 Å². The van der Waals surface area contributed by atoms with Gasteiger partial charge in [-0.2, -0.15) is 5.26 Å². The molecule has 1 aromatic heterocycles. The molecule has 0 radical (unpaired) electrons. The first-order valence-corrected chi connectivity index (χ1v) is 5.85. The second-order valence-electron chi connectivity index (χ2n) is 3.66. The van der Waals surface area contributed by atoms with Crippen LogP contribution >= 0.6 is 15.9 Å². The Morgan fingerprint density at radius 2 is 2.00 bits per heavy atom. The number of hydrogen-bond donors (Lipinski definition) is 1. The Morgan fingerprint density at radius 1 is 1.29 bits per heavy atom. The Bertz CT molecular complexity index is 615. The third-order valence-electron chi connectivity index (χ3n) is 2.45. The maximum Gasteiger partial charge on any atom is 0.142 e. The van der Waals surface area contributed by atoms with Crippen molar-refractivity contribution < 1.29 is 0 Å². The third-order valence-corrected chi connectivity index (χ3v) is 3.14. The molecule has 2 N–H and O–H groups in total. The molecule has 0 amide bonds. The molecule has 1 aromatic carbocycles. The highest BCUT2D eigenvalue weighted by molar-refractivity contribution is 9.10. The van der Waals surface area contributed by atoms with Crippen molar-refractivity contribution in [2.24, 2.45) is 0 Å². The number of pyridine rings is 1. The number of anilines is 1. The maximum absolute atomic E-state index is 9.16. The number of aryl methyl sites for hydroxylation is 1. The van der Waals surface area contributed by atoms with Gasteiger partial charge in [0, 0.05) is 15.7 Å². The molecule has 2 aromatic rings. The molecule has 1 heterocycles. The van der Waals surface area contributed by atoms with E-state index in [1.165, 1.54) is 0 Å². The lowest BCUT2D eigenvalue weighted by Crippen LogP contribution is -1.99. The number of nitrogens with zero attached hydrogens (tertiary/aromatic N) is 2. The van der Waals surface area contributed by atoms with Gasteiger partial charge in [-0.1, -0.05) is 34.1 Å². The van der Waals surface area contributed by atoms with Crippen LogP contribution in [0.4, 0.5) is 5.82 Å². The quantitative estimate of drug-likeness (QED) is 0.876. The monoisotopic (exact) mass is 287 g/mol. The normalized spacial score (nSPS) is 9.94. The van der Waals surface area contributed by atoms with Crippen LogP contribution in [-0.4, -0.2) is 4.98 Å². The van der Waals surface area contributed by atoms with Crippen LogP contribution in [0.5, 0.6) is 0 Å². The Kier molecular flexibility index (Phi) is 3.12. The van der Waals surface area contributed by atoms with Crippen molar-refractivity contribution >= 4 is 21.7 Å². The molecule has 17 heavy (non-hydrogen) atoms. The average molecular weight is 288 g/mol. The van der Waals surface area contributed by atoms with E-state index in [0.29, 0.717) is 5.56 Å². The van der Waals surface area contributed by atoms with Crippen molar-refractivity contribution in [3.63, 3.8) is 0 Å². The second kappa shape index (κ2) is 4.56. The molecule has 0 bridgehead atoms. The fourth-order valence-electron chi connectivity index (χ4n) is 1.71. The minimum atomic E-state index is 0.276. The highest BCUT2D eigenvalue weighted by atomic mass is 79.9. The summed E-state index contributed by atoms with van der Waals surface area (Å²) >= 11 is 3.47. The first kappa shape index (κ1) is 11.6. The van der Waals surface area contributed by atoms with E-state index in [1.807, 2.05) is 37.3 Å². The molecule has 2 rings (SSSR count). The van der Waals surface area contributed by atoms with Crippen LogP contribution in [0.25, 0.3) is 11.1 Å². The van der Waals surface area contributed by atoms with Gasteiger partial charge in [-0.25, -0.2) is 4.98 Å². The average Bonchev–Trinajstić information content (AvgIpc) is 2.28. The molecule has 0 saturated heterocycles. The van der Waals surface area contributed by atoms with Gasteiger partial charge in [0.2, 0.25) is 0 Å². The van der Waals surface area contributed by atoms with Crippen LogP contribution in [0.3, 0.4) is 0 Å². The van der Waals surface area contributed by atoms with Crippen molar-refractivity contribution in [2.45, 2.75) is 6.92 Å². The van der Waals surface area contributed by atoms with Gasteiger partial charge in [0.25, 0.3) is 0 Å². The van der Waals surface area contributed by atoms with Crippen LogP contribution in [0, 0.1) is 18.3 Å². The summed E-state index contributed by atoms with van der Waals surface area (Å²) in [7, 11) is 0. The zero-order chi connectivity index (χ0) is 12.4. The number of rotatable bonds is 1. The SMILES string of the molecule is Cc1cc(-c2ccccc2Br)c(C#N)c(N)n1. The predicted molar refractivity (Wildman–Crippen MR) is 71.2 cm³/mol. The van der Waals surface area contributed by atoms with Crippen molar-refractivity contribution in [3.8, 4) is 17.2 Å². The number of halogens is 1. The lowest BCUT2D eigenvalue weighted by atomic mass is 10.0. The van der Waals surface area contributed by atoms with Crippen molar-refractivity contribution in [1.29, 1.82) is 5.26 Å². The van der Waals surface area contributed by atoms with E-state index in [0.717, 1.165) is 21.3 Å². The van der Waals surface area contributed by atoms with Crippen LogP contribution in [0.1, 0.15) is 11.3 Å². The summed E-state index contributed by atoms with van der Waals surface area (Å²) in [4.78, 5) is 4.10. The minimum Gasteiger partial charge on any atom is -0.383 e. The molecule has 0 atom stereocenters.